The number of rotatable bonds is 4. The number of nitrogens with zero attached hydrogens (tertiary/aromatic N) is 2. The molecule has 2 amide bonds. The summed E-state index contributed by atoms with van der Waals surface area (Å²) in [6.45, 7) is 1.95. The highest BCUT2D eigenvalue weighted by molar-refractivity contribution is 8.00. The summed E-state index contributed by atoms with van der Waals surface area (Å²) >= 11 is 1.51. The molecule has 0 bridgehead atoms. The summed E-state index contributed by atoms with van der Waals surface area (Å²) in [6, 6.07) is 17.2. The van der Waals surface area contributed by atoms with Crippen molar-refractivity contribution in [1.82, 2.24) is 4.90 Å². The van der Waals surface area contributed by atoms with Gasteiger partial charge in [-0.1, -0.05) is 30.3 Å². The molecule has 0 radical (unpaired) electrons. The lowest BCUT2D eigenvalue weighted by Crippen LogP contribution is -2.44. The molecule has 1 aliphatic heterocycles. The standard InChI is InChI=1S/C21H20N2O3S/c1-14(18-11-15-7-3-5-9-17(15)26-18)22(2)20(24)12-23-16-8-4-6-10-19(16)27-13-21(23)25/h3-11,14H,12-13H2,1-2H3. The van der Waals surface area contributed by atoms with Gasteiger partial charge in [-0.15, -0.1) is 11.8 Å². The fraction of sp³-hybridized carbons (Fsp3) is 0.238. The first-order chi connectivity index (χ1) is 13.0. The monoisotopic (exact) mass is 380 g/mol. The number of furan rings is 1. The highest BCUT2D eigenvalue weighted by Crippen LogP contribution is 2.35. The van der Waals surface area contributed by atoms with Crippen molar-refractivity contribution in [2.45, 2.75) is 17.9 Å². The van der Waals surface area contributed by atoms with E-state index in [1.807, 2.05) is 61.5 Å². The van der Waals surface area contributed by atoms with E-state index in [4.69, 9.17) is 4.42 Å². The topological polar surface area (TPSA) is 53.8 Å². The van der Waals surface area contributed by atoms with Crippen LogP contribution in [0, 0.1) is 0 Å². The molecule has 1 aromatic heterocycles. The van der Waals surface area contributed by atoms with Gasteiger partial charge in [-0.3, -0.25) is 9.59 Å². The molecule has 6 heteroatoms. The van der Waals surface area contributed by atoms with E-state index in [9.17, 15) is 9.59 Å². The zero-order valence-electron chi connectivity index (χ0n) is 15.2. The number of hydrogen-bond acceptors (Lipinski definition) is 4. The van der Waals surface area contributed by atoms with Crippen molar-refractivity contribution in [3.05, 3.63) is 60.4 Å². The van der Waals surface area contributed by atoms with Crippen LogP contribution in [-0.2, 0) is 9.59 Å². The van der Waals surface area contributed by atoms with Crippen LogP contribution in [0.3, 0.4) is 0 Å². The van der Waals surface area contributed by atoms with Crippen LogP contribution < -0.4 is 4.90 Å². The van der Waals surface area contributed by atoms with Crippen molar-refractivity contribution >= 4 is 40.2 Å². The number of thioether (sulfide) groups is 1. The van der Waals surface area contributed by atoms with E-state index in [-0.39, 0.29) is 24.4 Å². The molecule has 27 heavy (non-hydrogen) atoms. The first-order valence-electron chi connectivity index (χ1n) is 8.81. The maximum atomic E-state index is 12.9. The van der Waals surface area contributed by atoms with Crippen LogP contribution in [0.5, 0.6) is 0 Å². The van der Waals surface area contributed by atoms with Gasteiger partial charge in [-0.25, -0.2) is 0 Å². The number of carbonyl (C=O) groups excluding carboxylic acids is 2. The third-order valence-electron chi connectivity index (χ3n) is 4.93. The van der Waals surface area contributed by atoms with Gasteiger partial charge in [0.15, 0.2) is 0 Å². The number of likely N-dealkylation sites (N-methyl/N-ethyl adjacent to an activating group) is 1. The molecule has 0 aliphatic carbocycles. The molecule has 1 atom stereocenters. The maximum absolute atomic E-state index is 12.9. The van der Waals surface area contributed by atoms with Gasteiger partial charge in [-0.05, 0) is 31.2 Å². The van der Waals surface area contributed by atoms with E-state index in [0.29, 0.717) is 5.75 Å². The van der Waals surface area contributed by atoms with Gasteiger partial charge >= 0.3 is 0 Å². The van der Waals surface area contributed by atoms with E-state index >= 15 is 0 Å². The Balaban J connectivity index is 1.53. The second-order valence-corrected chi connectivity index (χ2v) is 7.62. The summed E-state index contributed by atoms with van der Waals surface area (Å²) in [5.74, 6) is 0.912. The Labute approximate surface area is 161 Å². The molecule has 2 heterocycles. The van der Waals surface area contributed by atoms with Crippen LogP contribution in [0.2, 0.25) is 0 Å². The first kappa shape index (κ1) is 17.7. The van der Waals surface area contributed by atoms with Gasteiger partial charge in [0.05, 0.1) is 17.5 Å². The van der Waals surface area contributed by atoms with Gasteiger partial charge in [0.1, 0.15) is 17.9 Å². The smallest absolute Gasteiger partial charge is 0.242 e. The van der Waals surface area contributed by atoms with E-state index in [1.165, 1.54) is 11.8 Å². The third kappa shape index (κ3) is 3.32. The molecule has 2 aromatic carbocycles. The summed E-state index contributed by atoms with van der Waals surface area (Å²) in [4.78, 5) is 29.5. The molecule has 0 N–H and O–H groups in total. The van der Waals surface area contributed by atoms with Crippen molar-refractivity contribution < 1.29 is 14.0 Å². The highest BCUT2D eigenvalue weighted by Gasteiger charge is 2.29. The van der Waals surface area contributed by atoms with Gasteiger partial charge in [0.25, 0.3) is 0 Å². The Morgan fingerprint density at radius 3 is 2.78 bits per heavy atom. The highest BCUT2D eigenvalue weighted by atomic mass is 32.2. The summed E-state index contributed by atoms with van der Waals surface area (Å²) in [6.07, 6.45) is 0. The number of anilines is 1. The molecule has 0 saturated carbocycles. The van der Waals surface area contributed by atoms with Crippen LogP contribution in [0.15, 0.2) is 63.9 Å². The molecule has 0 saturated heterocycles. The Kier molecular flexibility index (Phi) is 4.66. The van der Waals surface area contributed by atoms with Crippen LogP contribution in [0.1, 0.15) is 18.7 Å². The van der Waals surface area contributed by atoms with Crippen LogP contribution in [0.4, 0.5) is 5.69 Å². The predicted molar refractivity (Wildman–Crippen MR) is 107 cm³/mol. The van der Waals surface area contributed by atoms with Gasteiger partial charge in [0.2, 0.25) is 11.8 Å². The van der Waals surface area contributed by atoms with Crippen LogP contribution in [0.25, 0.3) is 11.0 Å². The molecule has 4 rings (SSSR count). The number of hydrogen-bond donors (Lipinski definition) is 0. The summed E-state index contributed by atoms with van der Waals surface area (Å²) in [5.41, 5.74) is 1.61. The lowest BCUT2D eigenvalue weighted by Gasteiger charge is -2.31. The SMILES string of the molecule is CC(c1cc2ccccc2o1)N(C)C(=O)CN1C(=O)CSc2ccccc21. The molecule has 1 aliphatic rings. The lowest BCUT2D eigenvalue weighted by molar-refractivity contribution is -0.132. The van der Waals surface area contributed by atoms with E-state index in [1.54, 1.807) is 16.8 Å². The molecular weight excluding hydrogens is 360 g/mol. The Hall–Kier alpha value is -2.73. The van der Waals surface area contributed by atoms with E-state index in [2.05, 4.69) is 0 Å². The van der Waals surface area contributed by atoms with Gasteiger partial charge in [-0.2, -0.15) is 0 Å². The van der Waals surface area contributed by atoms with E-state index < -0.39 is 0 Å². The van der Waals surface area contributed by atoms with Gasteiger partial charge in [0, 0.05) is 17.3 Å². The summed E-state index contributed by atoms with van der Waals surface area (Å²) < 4.78 is 5.89. The van der Waals surface area contributed by atoms with Crippen molar-refractivity contribution in [3.63, 3.8) is 0 Å². The maximum Gasteiger partial charge on any atom is 0.242 e. The van der Waals surface area contributed by atoms with Crippen molar-refractivity contribution in [2.24, 2.45) is 0 Å². The van der Waals surface area contributed by atoms with Crippen molar-refractivity contribution in [3.8, 4) is 0 Å². The van der Waals surface area contributed by atoms with Gasteiger partial charge < -0.3 is 14.2 Å². The quantitative estimate of drug-likeness (QED) is 0.684. The Bertz CT molecular complexity index is 980. The Morgan fingerprint density at radius 1 is 1.22 bits per heavy atom. The minimum absolute atomic E-state index is 0.0253. The average molecular weight is 380 g/mol. The molecule has 0 spiro atoms. The molecule has 3 aromatic rings. The molecule has 138 valence electrons. The average Bonchev–Trinajstić information content (AvgIpc) is 3.13. The fourth-order valence-corrected chi connectivity index (χ4v) is 4.12. The first-order valence-corrected chi connectivity index (χ1v) is 9.79. The molecule has 5 nitrogen and oxygen atoms in total. The summed E-state index contributed by atoms with van der Waals surface area (Å²) in [7, 11) is 1.75. The number of carbonyl (C=O) groups is 2. The van der Waals surface area contributed by atoms with Crippen LogP contribution in [-0.4, -0.2) is 36.1 Å². The second-order valence-electron chi connectivity index (χ2n) is 6.60. The number of amides is 2. The molecule has 1 unspecified atom stereocenters. The predicted octanol–water partition coefficient (Wildman–Crippen LogP) is 4.09. The zero-order chi connectivity index (χ0) is 19.0. The van der Waals surface area contributed by atoms with Crippen LogP contribution >= 0.6 is 11.8 Å². The lowest BCUT2D eigenvalue weighted by atomic mass is 10.2. The largest absolute Gasteiger partial charge is 0.459 e. The van der Waals surface area contributed by atoms with Crippen molar-refractivity contribution in [2.75, 3.05) is 24.2 Å². The number of para-hydroxylation sites is 2. The summed E-state index contributed by atoms with van der Waals surface area (Å²) in [5, 5.41) is 1.01. The minimum Gasteiger partial charge on any atom is -0.459 e. The normalized spacial score (nSPS) is 14.9. The minimum atomic E-state index is -0.227. The second kappa shape index (κ2) is 7.12. The third-order valence-corrected chi connectivity index (χ3v) is 5.98. The molecule has 0 fully saturated rings. The number of benzene rings is 2. The van der Waals surface area contributed by atoms with Crippen molar-refractivity contribution in [1.29, 1.82) is 0 Å². The van der Waals surface area contributed by atoms with E-state index in [0.717, 1.165) is 27.3 Å². The Morgan fingerprint density at radius 2 is 1.96 bits per heavy atom. The number of fused-ring (bicyclic) bond motifs is 2. The fourth-order valence-electron chi connectivity index (χ4n) is 3.19. The molecular formula is C21H20N2O3S. The zero-order valence-corrected chi connectivity index (χ0v) is 16.0.